The Bertz CT molecular complexity index is 276. The highest BCUT2D eigenvalue weighted by atomic mass is 16.5. The Kier molecular flexibility index (Phi) is 4.17. The van der Waals surface area contributed by atoms with Crippen molar-refractivity contribution in [1.29, 1.82) is 0 Å². The number of rotatable bonds is 4. The normalized spacial score (nSPS) is 10.2. The number of carbonyl (C=O) groups excluding carboxylic acids is 1. The Hall–Kier alpha value is -1.31. The molecule has 1 aromatic carbocycles. The van der Waals surface area contributed by atoms with E-state index in [0.717, 1.165) is 12.8 Å². The van der Waals surface area contributed by atoms with Crippen LogP contribution in [0.25, 0.3) is 0 Å². The van der Waals surface area contributed by atoms with Gasteiger partial charge < -0.3 is 4.74 Å². The van der Waals surface area contributed by atoms with E-state index in [9.17, 15) is 4.79 Å². The molecule has 0 heterocycles. The SMILES string of the molecule is CCC(CC)OC(=O)c1ccccc1. The van der Waals surface area contributed by atoms with Crippen LogP contribution in [0.3, 0.4) is 0 Å². The standard InChI is InChI=1S/C12H16O2/c1-3-11(4-2)14-12(13)10-8-6-5-7-9-10/h5-9,11H,3-4H2,1-2H3. The number of carbonyl (C=O) groups is 1. The van der Waals surface area contributed by atoms with Gasteiger partial charge in [0, 0.05) is 0 Å². The van der Waals surface area contributed by atoms with Gasteiger partial charge in [-0.3, -0.25) is 0 Å². The van der Waals surface area contributed by atoms with Crippen LogP contribution in [-0.4, -0.2) is 12.1 Å². The maximum absolute atomic E-state index is 11.6. The van der Waals surface area contributed by atoms with Gasteiger partial charge in [-0.2, -0.15) is 0 Å². The molecule has 0 saturated carbocycles. The van der Waals surface area contributed by atoms with E-state index in [1.54, 1.807) is 12.1 Å². The molecule has 0 aliphatic carbocycles. The molecule has 0 unspecified atom stereocenters. The quantitative estimate of drug-likeness (QED) is 0.685. The molecule has 0 aliphatic rings. The van der Waals surface area contributed by atoms with Crippen LogP contribution < -0.4 is 0 Å². The van der Waals surface area contributed by atoms with Crippen LogP contribution in [0.4, 0.5) is 0 Å². The van der Waals surface area contributed by atoms with E-state index in [2.05, 4.69) is 0 Å². The molecule has 2 heteroatoms. The maximum atomic E-state index is 11.6. The molecule has 0 amide bonds. The van der Waals surface area contributed by atoms with Gasteiger partial charge in [-0.1, -0.05) is 32.0 Å². The van der Waals surface area contributed by atoms with Gasteiger partial charge in [0.1, 0.15) is 6.10 Å². The summed E-state index contributed by atoms with van der Waals surface area (Å²) >= 11 is 0. The first kappa shape index (κ1) is 10.8. The second kappa shape index (κ2) is 5.43. The summed E-state index contributed by atoms with van der Waals surface area (Å²) in [4.78, 5) is 11.6. The van der Waals surface area contributed by atoms with E-state index in [4.69, 9.17) is 4.74 Å². The molecule has 1 aromatic rings. The van der Waals surface area contributed by atoms with Gasteiger partial charge in [-0.05, 0) is 25.0 Å². The van der Waals surface area contributed by atoms with Crippen LogP contribution in [0.1, 0.15) is 37.0 Å². The fraction of sp³-hybridized carbons (Fsp3) is 0.417. The van der Waals surface area contributed by atoms with E-state index in [-0.39, 0.29) is 12.1 Å². The zero-order chi connectivity index (χ0) is 10.4. The fourth-order valence-electron chi connectivity index (χ4n) is 1.25. The molecule has 0 spiro atoms. The van der Waals surface area contributed by atoms with Gasteiger partial charge in [-0.25, -0.2) is 4.79 Å². The number of hydrogen-bond acceptors (Lipinski definition) is 2. The minimum absolute atomic E-state index is 0.0442. The average molecular weight is 192 g/mol. The molecule has 0 fully saturated rings. The highest BCUT2D eigenvalue weighted by Crippen LogP contribution is 2.08. The largest absolute Gasteiger partial charge is 0.459 e. The summed E-state index contributed by atoms with van der Waals surface area (Å²) in [7, 11) is 0. The molecule has 1 rings (SSSR count). The van der Waals surface area contributed by atoms with Gasteiger partial charge in [-0.15, -0.1) is 0 Å². The first-order valence-corrected chi connectivity index (χ1v) is 5.04. The lowest BCUT2D eigenvalue weighted by Gasteiger charge is -2.13. The van der Waals surface area contributed by atoms with E-state index in [0.29, 0.717) is 5.56 Å². The third-order valence-electron chi connectivity index (χ3n) is 2.19. The Morgan fingerprint density at radius 1 is 1.21 bits per heavy atom. The molecule has 0 atom stereocenters. The molecule has 0 bridgehead atoms. The van der Waals surface area contributed by atoms with Crippen LogP contribution in [0.15, 0.2) is 30.3 Å². The average Bonchev–Trinajstić information content (AvgIpc) is 2.26. The monoisotopic (exact) mass is 192 g/mol. The van der Waals surface area contributed by atoms with Crippen molar-refractivity contribution < 1.29 is 9.53 Å². The van der Waals surface area contributed by atoms with Crippen molar-refractivity contribution >= 4 is 5.97 Å². The molecule has 0 radical (unpaired) electrons. The van der Waals surface area contributed by atoms with Gasteiger partial charge >= 0.3 is 5.97 Å². The van der Waals surface area contributed by atoms with Gasteiger partial charge in [0.25, 0.3) is 0 Å². The summed E-state index contributed by atoms with van der Waals surface area (Å²) in [6, 6.07) is 9.09. The Morgan fingerprint density at radius 3 is 2.29 bits per heavy atom. The van der Waals surface area contributed by atoms with Crippen molar-refractivity contribution in [3.05, 3.63) is 35.9 Å². The van der Waals surface area contributed by atoms with Crippen molar-refractivity contribution in [1.82, 2.24) is 0 Å². The fourth-order valence-corrected chi connectivity index (χ4v) is 1.25. The molecule has 76 valence electrons. The van der Waals surface area contributed by atoms with Gasteiger partial charge in [0.2, 0.25) is 0 Å². The second-order valence-corrected chi connectivity index (χ2v) is 3.21. The van der Waals surface area contributed by atoms with Crippen LogP contribution in [0, 0.1) is 0 Å². The summed E-state index contributed by atoms with van der Waals surface area (Å²) in [5.41, 5.74) is 0.624. The minimum atomic E-state index is -0.223. The summed E-state index contributed by atoms with van der Waals surface area (Å²) in [5, 5.41) is 0. The van der Waals surface area contributed by atoms with Crippen molar-refractivity contribution in [2.45, 2.75) is 32.8 Å². The minimum Gasteiger partial charge on any atom is -0.459 e. The third-order valence-corrected chi connectivity index (χ3v) is 2.19. The van der Waals surface area contributed by atoms with E-state index < -0.39 is 0 Å². The number of esters is 1. The Morgan fingerprint density at radius 2 is 1.79 bits per heavy atom. The van der Waals surface area contributed by atoms with Crippen LogP contribution in [0.5, 0.6) is 0 Å². The van der Waals surface area contributed by atoms with Crippen molar-refractivity contribution in [2.24, 2.45) is 0 Å². The topological polar surface area (TPSA) is 26.3 Å². The van der Waals surface area contributed by atoms with Gasteiger partial charge in [0.15, 0.2) is 0 Å². The zero-order valence-electron chi connectivity index (χ0n) is 8.69. The predicted octanol–water partition coefficient (Wildman–Crippen LogP) is 3.03. The molecule has 0 saturated heterocycles. The molecule has 0 aromatic heterocycles. The van der Waals surface area contributed by atoms with Crippen LogP contribution >= 0.6 is 0 Å². The number of hydrogen-bond donors (Lipinski definition) is 0. The summed E-state index contributed by atoms with van der Waals surface area (Å²) in [6.45, 7) is 4.04. The molecular weight excluding hydrogens is 176 g/mol. The smallest absolute Gasteiger partial charge is 0.338 e. The van der Waals surface area contributed by atoms with E-state index >= 15 is 0 Å². The second-order valence-electron chi connectivity index (χ2n) is 3.21. The molecule has 0 aliphatic heterocycles. The van der Waals surface area contributed by atoms with E-state index in [1.165, 1.54) is 0 Å². The molecule has 2 nitrogen and oxygen atoms in total. The van der Waals surface area contributed by atoms with Crippen LogP contribution in [-0.2, 0) is 4.74 Å². The zero-order valence-corrected chi connectivity index (χ0v) is 8.69. The number of ether oxygens (including phenoxy) is 1. The Balaban J connectivity index is 2.59. The third kappa shape index (κ3) is 2.87. The number of benzene rings is 1. The summed E-state index contributed by atoms with van der Waals surface area (Å²) in [6.07, 6.45) is 1.78. The lowest BCUT2D eigenvalue weighted by atomic mass is 10.2. The molecular formula is C12H16O2. The first-order valence-electron chi connectivity index (χ1n) is 5.04. The summed E-state index contributed by atoms with van der Waals surface area (Å²) in [5.74, 6) is -0.223. The maximum Gasteiger partial charge on any atom is 0.338 e. The lowest BCUT2D eigenvalue weighted by Crippen LogP contribution is -2.16. The van der Waals surface area contributed by atoms with Crippen molar-refractivity contribution in [3.63, 3.8) is 0 Å². The highest BCUT2D eigenvalue weighted by molar-refractivity contribution is 5.89. The highest BCUT2D eigenvalue weighted by Gasteiger charge is 2.11. The van der Waals surface area contributed by atoms with E-state index in [1.807, 2.05) is 32.0 Å². The Labute approximate surface area is 84.9 Å². The first-order chi connectivity index (χ1) is 6.77. The summed E-state index contributed by atoms with van der Waals surface area (Å²) < 4.78 is 5.30. The van der Waals surface area contributed by atoms with Gasteiger partial charge in [0.05, 0.1) is 5.56 Å². The molecule has 0 N–H and O–H groups in total. The van der Waals surface area contributed by atoms with Crippen LogP contribution in [0.2, 0.25) is 0 Å². The van der Waals surface area contributed by atoms with Crippen molar-refractivity contribution in [2.75, 3.05) is 0 Å². The predicted molar refractivity (Wildman–Crippen MR) is 56.2 cm³/mol. The van der Waals surface area contributed by atoms with Crippen molar-refractivity contribution in [3.8, 4) is 0 Å². The molecule has 14 heavy (non-hydrogen) atoms. The lowest BCUT2D eigenvalue weighted by molar-refractivity contribution is 0.0284.